The third-order valence-electron chi connectivity index (χ3n) is 6.03. The van der Waals surface area contributed by atoms with Gasteiger partial charge in [0.15, 0.2) is 5.78 Å². The van der Waals surface area contributed by atoms with E-state index in [0.29, 0.717) is 30.0 Å². The highest BCUT2D eigenvalue weighted by Crippen LogP contribution is 2.27. The van der Waals surface area contributed by atoms with E-state index >= 15 is 0 Å². The van der Waals surface area contributed by atoms with Gasteiger partial charge in [-0.3, -0.25) is 14.4 Å². The number of carbonyl (C=O) groups excluding carboxylic acids is 3. The maximum atomic E-state index is 13.4. The molecule has 0 aromatic heterocycles. The van der Waals surface area contributed by atoms with Crippen molar-refractivity contribution in [2.24, 2.45) is 5.92 Å². The molecule has 7 nitrogen and oxygen atoms in total. The molecule has 2 fully saturated rings. The highest BCUT2D eigenvalue weighted by Gasteiger charge is 2.45. The number of hydrogen-bond acceptors (Lipinski definition) is 5. The van der Waals surface area contributed by atoms with Gasteiger partial charge >= 0.3 is 0 Å². The second kappa shape index (κ2) is 10.2. The number of nitrogens with one attached hydrogen (secondary N) is 1. The largest absolute Gasteiger partial charge is 0.457 e. The molecule has 7 heteroatoms. The minimum atomic E-state index is -0.704. The van der Waals surface area contributed by atoms with Gasteiger partial charge in [-0.25, -0.2) is 0 Å². The van der Waals surface area contributed by atoms with E-state index in [9.17, 15) is 14.4 Å². The number of nitrogens with zero attached hydrogens (tertiary/aromatic N) is 1. The van der Waals surface area contributed by atoms with Crippen LogP contribution in [-0.4, -0.2) is 53.8 Å². The fourth-order valence-electron chi connectivity index (χ4n) is 4.47. The van der Waals surface area contributed by atoms with E-state index in [2.05, 4.69) is 5.32 Å². The Hall–Kier alpha value is -3.19. The zero-order valence-corrected chi connectivity index (χ0v) is 19.0. The van der Waals surface area contributed by atoms with Crippen LogP contribution < -0.4 is 10.1 Å². The Bertz CT molecular complexity index is 990. The molecule has 4 rings (SSSR count). The molecular formula is C26H30N2O5. The normalized spacial score (nSPS) is 20.9. The molecule has 0 spiro atoms. The van der Waals surface area contributed by atoms with Crippen molar-refractivity contribution in [3.8, 4) is 11.5 Å². The lowest BCUT2D eigenvalue weighted by molar-refractivity contribution is -0.142. The topological polar surface area (TPSA) is 84.9 Å². The molecule has 2 aromatic carbocycles. The number of piperidine rings is 1. The first-order chi connectivity index (χ1) is 15.9. The molecule has 1 N–H and O–H groups in total. The number of ketones is 1. The number of Topliss-reactive ketones (excluding diaryl/α,β-unsaturated/α-hetero) is 1. The molecule has 2 saturated heterocycles. The number of ether oxygens (including phenoxy) is 2. The Morgan fingerprint density at radius 1 is 1.09 bits per heavy atom. The van der Waals surface area contributed by atoms with Gasteiger partial charge in [0.1, 0.15) is 30.2 Å². The molecule has 2 aliphatic heterocycles. The standard InChI is InChI=1S/C26H30N2O5/c1-17(2)15-21(26(31)28-14-6-9-23-24(28)22(29)16-32-23)27-25(30)18-10-12-20(13-11-18)33-19-7-4-3-5-8-19/h3-5,7-8,10-13,17,21,23-24H,6,9,14-16H2,1-2H3,(H,27,30). The molecule has 0 saturated carbocycles. The summed E-state index contributed by atoms with van der Waals surface area (Å²) in [7, 11) is 0. The average Bonchev–Trinajstić information content (AvgIpc) is 3.20. The van der Waals surface area contributed by atoms with Gasteiger partial charge in [-0.1, -0.05) is 32.0 Å². The van der Waals surface area contributed by atoms with E-state index in [4.69, 9.17) is 9.47 Å². The molecule has 0 radical (unpaired) electrons. The molecular weight excluding hydrogens is 420 g/mol. The summed E-state index contributed by atoms with van der Waals surface area (Å²) in [4.78, 5) is 40.4. The first kappa shape index (κ1) is 23.0. The first-order valence-corrected chi connectivity index (χ1v) is 11.5. The smallest absolute Gasteiger partial charge is 0.251 e. The monoisotopic (exact) mass is 450 g/mol. The van der Waals surface area contributed by atoms with Crippen molar-refractivity contribution in [2.45, 2.75) is 51.3 Å². The summed E-state index contributed by atoms with van der Waals surface area (Å²) in [5.41, 5.74) is 0.439. The Labute approximate surface area is 194 Å². The third-order valence-corrected chi connectivity index (χ3v) is 6.03. The first-order valence-electron chi connectivity index (χ1n) is 11.5. The lowest BCUT2D eigenvalue weighted by Crippen LogP contribution is -2.58. The number of benzene rings is 2. The quantitative estimate of drug-likeness (QED) is 0.697. The van der Waals surface area contributed by atoms with Gasteiger partial charge in [0, 0.05) is 12.1 Å². The fourth-order valence-corrected chi connectivity index (χ4v) is 4.47. The number of carbonyl (C=O) groups is 3. The Balaban J connectivity index is 1.45. The van der Waals surface area contributed by atoms with Crippen LogP contribution in [0.2, 0.25) is 0 Å². The highest BCUT2D eigenvalue weighted by molar-refractivity contribution is 5.99. The van der Waals surface area contributed by atoms with Crippen molar-refractivity contribution in [3.05, 3.63) is 60.2 Å². The van der Waals surface area contributed by atoms with Crippen molar-refractivity contribution < 1.29 is 23.9 Å². The van der Waals surface area contributed by atoms with Crippen LogP contribution >= 0.6 is 0 Å². The molecule has 0 bridgehead atoms. The van der Waals surface area contributed by atoms with Crippen LogP contribution in [0.15, 0.2) is 54.6 Å². The van der Waals surface area contributed by atoms with Crippen molar-refractivity contribution >= 4 is 17.6 Å². The van der Waals surface area contributed by atoms with Crippen LogP contribution in [-0.2, 0) is 14.3 Å². The number of likely N-dealkylation sites (tertiary alicyclic amines) is 1. The average molecular weight is 451 g/mol. The molecule has 3 atom stereocenters. The predicted octanol–water partition coefficient (Wildman–Crippen LogP) is 3.58. The Morgan fingerprint density at radius 3 is 2.48 bits per heavy atom. The summed E-state index contributed by atoms with van der Waals surface area (Å²) >= 11 is 0. The number of para-hydroxylation sites is 1. The Morgan fingerprint density at radius 2 is 1.79 bits per heavy atom. The van der Waals surface area contributed by atoms with E-state index in [1.807, 2.05) is 44.2 Å². The van der Waals surface area contributed by atoms with E-state index < -0.39 is 12.1 Å². The van der Waals surface area contributed by atoms with Gasteiger partial charge in [-0.2, -0.15) is 0 Å². The molecule has 2 heterocycles. The van der Waals surface area contributed by atoms with E-state index in [-0.39, 0.29) is 36.2 Å². The van der Waals surface area contributed by atoms with Crippen molar-refractivity contribution in [1.82, 2.24) is 10.2 Å². The second-order valence-electron chi connectivity index (χ2n) is 9.03. The molecule has 2 aliphatic rings. The number of amides is 2. The number of fused-ring (bicyclic) bond motifs is 1. The van der Waals surface area contributed by atoms with Gasteiger partial charge in [-0.05, 0) is 61.6 Å². The lowest BCUT2D eigenvalue weighted by Gasteiger charge is -2.37. The van der Waals surface area contributed by atoms with Crippen LogP contribution in [0.25, 0.3) is 0 Å². The van der Waals surface area contributed by atoms with Crippen LogP contribution in [0.4, 0.5) is 0 Å². The molecule has 174 valence electrons. The van der Waals surface area contributed by atoms with Crippen LogP contribution in [0.3, 0.4) is 0 Å². The number of hydrogen-bond donors (Lipinski definition) is 1. The maximum absolute atomic E-state index is 13.4. The summed E-state index contributed by atoms with van der Waals surface area (Å²) in [5.74, 6) is 0.917. The fraction of sp³-hybridized carbons (Fsp3) is 0.423. The van der Waals surface area contributed by atoms with E-state index in [1.165, 1.54) is 0 Å². The third kappa shape index (κ3) is 5.42. The molecule has 33 heavy (non-hydrogen) atoms. The van der Waals surface area contributed by atoms with Gasteiger partial charge in [0.25, 0.3) is 5.91 Å². The van der Waals surface area contributed by atoms with Gasteiger partial charge < -0.3 is 19.7 Å². The zero-order chi connectivity index (χ0) is 23.4. The minimum absolute atomic E-state index is 0.0533. The number of rotatable bonds is 7. The summed E-state index contributed by atoms with van der Waals surface area (Å²) in [5, 5.41) is 2.90. The zero-order valence-electron chi connectivity index (χ0n) is 19.0. The van der Waals surface area contributed by atoms with Gasteiger partial charge in [0.05, 0.1) is 6.10 Å². The molecule has 3 unspecified atom stereocenters. The van der Waals surface area contributed by atoms with Crippen LogP contribution in [0.1, 0.15) is 43.5 Å². The molecule has 0 aliphatic carbocycles. The van der Waals surface area contributed by atoms with E-state index in [0.717, 1.165) is 12.8 Å². The molecule has 2 aromatic rings. The Kier molecular flexibility index (Phi) is 7.08. The van der Waals surface area contributed by atoms with Crippen molar-refractivity contribution in [2.75, 3.05) is 13.2 Å². The van der Waals surface area contributed by atoms with Crippen LogP contribution in [0.5, 0.6) is 11.5 Å². The minimum Gasteiger partial charge on any atom is -0.457 e. The summed E-state index contributed by atoms with van der Waals surface area (Å²) in [6.07, 6.45) is 1.81. The predicted molar refractivity (Wildman–Crippen MR) is 123 cm³/mol. The van der Waals surface area contributed by atoms with Gasteiger partial charge in [-0.15, -0.1) is 0 Å². The summed E-state index contributed by atoms with van der Waals surface area (Å²) < 4.78 is 11.4. The van der Waals surface area contributed by atoms with E-state index in [1.54, 1.807) is 29.2 Å². The van der Waals surface area contributed by atoms with Crippen LogP contribution in [0, 0.1) is 5.92 Å². The van der Waals surface area contributed by atoms with Crippen molar-refractivity contribution in [1.29, 1.82) is 0 Å². The summed E-state index contributed by atoms with van der Waals surface area (Å²) in [6.45, 7) is 4.57. The highest BCUT2D eigenvalue weighted by atomic mass is 16.5. The lowest BCUT2D eigenvalue weighted by atomic mass is 9.95. The second-order valence-corrected chi connectivity index (χ2v) is 9.03. The van der Waals surface area contributed by atoms with Gasteiger partial charge in [0.2, 0.25) is 5.91 Å². The maximum Gasteiger partial charge on any atom is 0.251 e. The SMILES string of the molecule is CC(C)CC(NC(=O)c1ccc(Oc2ccccc2)cc1)C(=O)N1CCCC2OCC(=O)C21. The van der Waals surface area contributed by atoms with Crippen molar-refractivity contribution in [3.63, 3.8) is 0 Å². The summed E-state index contributed by atoms with van der Waals surface area (Å²) in [6, 6.07) is 15.0. The molecule has 2 amide bonds.